The number of esters is 1. The van der Waals surface area contributed by atoms with Gasteiger partial charge in [-0.1, -0.05) is 32.0 Å². The van der Waals surface area contributed by atoms with E-state index in [0.29, 0.717) is 12.2 Å². The molecule has 0 heterocycles. The van der Waals surface area contributed by atoms with Gasteiger partial charge in [-0.05, 0) is 43.3 Å². The molecule has 0 atom stereocenters. The fourth-order valence-corrected chi connectivity index (χ4v) is 2.05. The van der Waals surface area contributed by atoms with Crippen LogP contribution >= 0.6 is 0 Å². The van der Waals surface area contributed by atoms with E-state index in [1.807, 2.05) is 36.4 Å². The minimum atomic E-state index is -0.520. The van der Waals surface area contributed by atoms with Gasteiger partial charge < -0.3 is 15.0 Å². The lowest BCUT2D eigenvalue weighted by Gasteiger charge is -2.24. The summed E-state index contributed by atoms with van der Waals surface area (Å²) in [6, 6.07) is 17.2. The molecule has 0 fully saturated rings. The molecule has 2 aromatic rings. The first kappa shape index (κ1) is 18.1. The van der Waals surface area contributed by atoms with Crippen LogP contribution in [0, 0.1) is 12.5 Å². The number of hydrogen-bond donors (Lipinski definition) is 1. The molecule has 0 aromatic heterocycles. The first-order chi connectivity index (χ1) is 10.7. The van der Waals surface area contributed by atoms with E-state index >= 15 is 0 Å². The maximum atomic E-state index is 11.5. The molecule has 4 heteroatoms. The van der Waals surface area contributed by atoms with Crippen LogP contribution in [0.25, 0.3) is 0 Å². The molecule has 0 aliphatic heterocycles. The highest BCUT2D eigenvalue weighted by atomic mass is 16.5. The number of para-hydroxylation sites is 1. The predicted octanol–water partition coefficient (Wildman–Crippen LogP) is 4.46. The van der Waals surface area contributed by atoms with Crippen molar-refractivity contribution in [3.8, 4) is 12.5 Å². The number of hydrogen-bond acceptors (Lipinski definition) is 4. The predicted molar refractivity (Wildman–Crippen MR) is 99.6 cm³/mol. The van der Waals surface area contributed by atoms with Gasteiger partial charge in [0.1, 0.15) is 6.11 Å². The standard InChI is InChI=1S/C18H18N2O2.CH4.2H2/c1-3-20(17-8-6-5-7-9-17)14-19-16-12-10-15(11-13-16)18(21)22-4-2;;;/h2,5-13,19H,3,14H2,1H3;1H4;2*1H. The molecule has 0 spiro atoms. The van der Waals surface area contributed by atoms with Crippen molar-refractivity contribution in [1.29, 1.82) is 0 Å². The first-order valence-electron chi connectivity index (χ1n) is 7.05. The molecule has 2 rings (SSSR count). The summed E-state index contributed by atoms with van der Waals surface area (Å²) in [4.78, 5) is 13.7. The molecule has 0 bridgehead atoms. The van der Waals surface area contributed by atoms with Crippen molar-refractivity contribution >= 4 is 17.3 Å². The van der Waals surface area contributed by atoms with Crippen molar-refractivity contribution in [2.45, 2.75) is 14.4 Å². The Bertz CT molecular complexity index is 655. The molecule has 4 nitrogen and oxygen atoms in total. The molecule has 0 aliphatic rings. The van der Waals surface area contributed by atoms with E-state index in [4.69, 9.17) is 6.42 Å². The molecule has 2 aromatic carbocycles. The summed E-state index contributed by atoms with van der Waals surface area (Å²) in [5, 5.41) is 3.33. The number of rotatable bonds is 6. The van der Waals surface area contributed by atoms with Gasteiger partial charge in [-0.3, -0.25) is 0 Å². The molecule has 1 N–H and O–H groups in total. The molecule has 23 heavy (non-hydrogen) atoms. The van der Waals surface area contributed by atoms with Gasteiger partial charge in [-0.25, -0.2) is 4.79 Å². The van der Waals surface area contributed by atoms with Crippen LogP contribution in [0.4, 0.5) is 11.4 Å². The maximum Gasteiger partial charge on any atom is 0.352 e. The van der Waals surface area contributed by atoms with Crippen molar-refractivity contribution in [1.82, 2.24) is 0 Å². The van der Waals surface area contributed by atoms with E-state index in [1.165, 1.54) is 0 Å². The summed E-state index contributed by atoms with van der Waals surface area (Å²) in [5.74, 6) is -0.520. The number of carbonyl (C=O) groups excluding carboxylic acids is 1. The Morgan fingerprint density at radius 1 is 1.22 bits per heavy atom. The van der Waals surface area contributed by atoms with Crippen LogP contribution in [0.5, 0.6) is 0 Å². The Morgan fingerprint density at radius 2 is 1.87 bits per heavy atom. The smallest absolute Gasteiger partial charge is 0.352 e. The quantitative estimate of drug-likeness (QED) is 0.485. The van der Waals surface area contributed by atoms with E-state index in [0.717, 1.165) is 17.9 Å². The number of nitrogens with one attached hydrogen (secondary N) is 1. The van der Waals surface area contributed by atoms with E-state index in [9.17, 15) is 4.79 Å². The molecule has 0 unspecified atom stereocenters. The lowest BCUT2D eigenvalue weighted by Crippen LogP contribution is -2.28. The third-order valence-corrected chi connectivity index (χ3v) is 3.25. The highest BCUT2D eigenvalue weighted by Gasteiger charge is 2.06. The number of anilines is 2. The minimum absolute atomic E-state index is 0. The van der Waals surface area contributed by atoms with Crippen LogP contribution in [-0.2, 0) is 4.74 Å². The van der Waals surface area contributed by atoms with Gasteiger partial charge in [0.05, 0.1) is 12.2 Å². The van der Waals surface area contributed by atoms with Crippen LogP contribution in [-0.4, -0.2) is 19.2 Å². The zero-order valence-corrected chi connectivity index (χ0v) is 12.5. The highest BCUT2D eigenvalue weighted by molar-refractivity contribution is 5.90. The highest BCUT2D eigenvalue weighted by Crippen LogP contribution is 2.14. The van der Waals surface area contributed by atoms with Crippen molar-refractivity contribution in [3.63, 3.8) is 0 Å². The Morgan fingerprint density at radius 3 is 2.43 bits per heavy atom. The molecule has 0 saturated heterocycles. The second-order valence-electron chi connectivity index (χ2n) is 4.61. The number of carbonyl (C=O) groups is 1. The molecule has 0 aliphatic carbocycles. The summed E-state index contributed by atoms with van der Waals surface area (Å²) in [6.45, 7) is 3.67. The van der Waals surface area contributed by atoms with Crippen LogP contribution in [0.3, 0.4) is 0 Å². The SMILES string of the molecule is C.C#COC(=O)c1ccc(NCN(CC)c2ccccc2)cc1.[HH].[HH]. The monoisotopic (exact) mass is 314 g/mol. The lowest BCUT2D eigenvalue weighted by molar-refractivity contribution is 0.0691. The Hall–Kier alpha value is -2.93. The van der Waals surface area contributed by atoms with Gasteiger partial charge in [-0.2, -0.15) is 0 Å². The summed E-state index contributed by atoms with van der Waals surface area (Å²) in [5.41, 5.74) is 2.51. The van der Waals surface area contributed by atoms with Crippen molar-refractivity contribution in [2.24, 2.45) is 0 Å². The fourth-order valence-electron chi connectivity index (χ4n) is 2.05. The van der Waals surface area contributed by atoms with E-state index < -0.39 is 5.97 Å². The van der Waals surface area contributed by atoms with E-state index in [2.05, 4.69) is 34.0 Å². The van der Waals surface area contributed by atoms with Gasteiger partial charge in [0.25, 0.3) is 0 Å². The van der Waals surface area contributed by atoms with E-state index in [1.54, 1.807) is 12.1 Å². The minimum Gasteiger partial charge on any atom is -0.369 e. The summed E-state index contributed by atoms with van der Waals surface area (Å²) >= 11 is 0. The van der Waals surface area contributed by atoms with Gasteiger partial charge in [0, 0.05) is 20.8 Å². The average molecular weight is 314 g/mol. The molecule has 0 radical (unpaired) electrons. The van der Waals surface area contributed by atoms with Crippen LogP contribution in [0.15, 0.2) is 54.6 Å². The zero-order valence-electron chi connectivity index (χ0n) is 12.5. The van der Waals surface area contributed by atoms with Crippen molar-refractivity contribution in [3.05, 3.63) is 60.2 Å². The van der Waals surface area contributed by atoms with Crippen molar-refractivity contribution in [2.75, 3.05) is 23.4 Å². The summed E-state index contributed by atoms with van der Waals surface area (Å²) in [7, 11) is 0. The lowest BCUT2D eigenvalue weighted by atomic mass is 10.2. The van der Waals surface area contributed by atoms with Gasteiger partial charge in [0.2, 0.25) is 0 Å². The Balaban J connectivity index is 0. The Kier molecular flexibility index (Phi) is 7.22. The molecular formula is C19H26N2O2. The number of terminal acetylenes is 1. The molecule has 124 valence electrons. The van der Waals surface area contributed by atoms with Gasteiger partial charge in [0.15, 0.2) is 0 Å². The third kappa shape index (κ3) is 5.08. The molecule has 0 saturated carbocycles. The first-order valence-corrected chi connectivity index (χ1v) is 7.05. The second-order valence-corrected chi connectivity index (χ2v) is 4.61. The van der Waals surface area contributed by atoms with Gasteiger partial charge >= 0.3 is 5.97 Å². The normalized spacial score (nSPS) is 9.22. The van der Waals surface area contributed by atoms with Crippen LogP contribution in [0.2, 0.25) is 0 Å². The number of nitrogens with zero attached hydrogens (tertiary/aromatic N) is 1. The summed E-state index contributed by atoms with van der Waals surface area (Å²) in [6.07, 6.45) is 6.81. The number of ether oxygens (including phenoxy) is 1. The average Bonchev–Trinajstić information content (AvgIpc) is 2.57. The number of benzene rings is 2. The maximum absolute atomic E-state index is 11.5. The van der Waals surface area contributed by atoms with E-state index in [-0.39, 0.29) is 10.3 Å². The largest absolute Gasteiger partial charge is 0.369 e. The molecule has 0 amide bonds. The fraction of sp³-hybridized carbons (Fsp3) is 0.211. The van der Waals surface area contributed by atoms with Gasteiger partial charge in [-0.15, -0.1) is 0 Å². The van der Waals surface area contributed by atoms with Crippen molar-refractivity contribution < 1.29 is 12.4 Å². The summed E-state index contributed by atoms with van der Waals surface area (Å²) < 4.78 is 4.50. The molecular weight excluding hydrogens is 288 g/mol. The van der Waals surface area contributed by atoms with Crippen LogP contribution < -0.4 is 10.2 Å². The Labute approximate surface area is 141 Å². The topological polar surface area (TPSA) is 41.6 Å². The van der Waals surface area contributed by atoms with Crippen LogP contribution in [0.1, 0.15) is 27.6 Å². The second kappa shape index (κ2) is 9.16. The zero-order chi connectivity index (χ0) is 15.8. The third-order valence-electron chi connectivity index (χ3n) is 3.25.